The van der Waals surface area contributed by atoms with Gasteiger partial charge in [-0.2, -0.15) is 0 Å². The highest BCUT2D eigenvalue weighted by Gasteiger charge is 2.17. The number of nitro benzene ring substituents is 1. The zero-order valence-electron chi connectivity index (χ0n) is 11.2. The van der Waals surface area contributed by atoms with Crippen LogP contribution < -0.4 is 10.8 Å². The maximum Gasteiger partial charge on any atom is 0.488 e. The molecule has 0 radical (unpaired) electrons. The van der Waals surface area contributed by atoms with Crippen LogP contribution in [-0.2, 0) is 6.54 Å². The highest BCUT2D eigenvalue weighted by molar-refractivity contribution is 6.58. The third-order valence-corrected chi connectivity index (χ3v) is 3.69. The lowest BCUT2D eigenvalue weighted by Crippen LogP contribution is -2.30. The summed E-state index contributed by atoms with van der Waals surface area (Å²) in [5.74, 6) is 0. The highest BCUT2D eigenvalue weighted by Crippen LogP contribution is 2.25. The summed E-state index contributed by atoms with van der Waals surface area (Å²) in [5.41, 5.74) is 0.761. The predicted octanol–water partition coefficient (Wildman–Crippen LogP) is 2.19. The van der Waals surface area contributed by atoms with E-state index in [2.05, 4.69) is 5.32 Å². The Kier molecular flexibility index (Phi) is 5.26. The number of hydrogen-bond donors (Lipinski definition) is 3. The Hall–Kier alpha value is -1.80. The van der Waals surface area contributed by atoms with E-state index < -0.39 is 12.0 Å². The van der Waals surface area contributed by atoms with Crippen molar-refractivity contribution < 1.29 is 15.0 Å². The molecule has 0 atom stereocenters. The van der Waals surface area contributed by atoms with Crippen LogP contribution in [0.3, 0.4) is 0 Å². The van der Waals surface area contributed by atoms with Gasteiger partial charge >= 0.3 is 7.12 Å². The van der Waals surface area contributed by atoms with Gasteiger partial charge in [0.2, 0.25) is 0 Å². The van der Waals surface area contributed by atoms with Gasteiger partial charge in [0.25, 0.3) is 5.69 Å². The molecule has 0 heterocycles. The number of anilines is 1. The van der Waals surface area contributed by atoms with Crippen LogP contribution in [0.2, 0.25) is 10.0 Å². The van der Waals surface area contributed by atoms with Gasteiger partial charge in [0.1, 0.15) is 0 Å². The van der Waals surface area contributed by atoms with Gasteiger partial charge in [-0.05, 0) is 23.7 Å². The maximum atomic E-state index is 10.9. The molecule has 0 fully saturated rings. The van der Waals surface area contributed by atoms with Crippen molar-refractivity contribution in [3.05, 3.63) is 62.1 Å². The number of benzene rings is 2. The fraction of sp³-hybridized carbons (Fsp3) is 0.0769. The Labute approximate surface area is 136 Å². The van der Waals surface area contributed by atoms with Crippen molar-refractivity contribution in [3.8, 4) is 0 Å². The molecule has 0 aliphatic heterocycles. The molecule has 6 nitrogen and oxygen atoms in total. The summed E-state index contributed by atoms with van der Waals surface area (Å²) < 4.78 is 0. The van der Waals surface area contributed by atoms with Crippen molar-refractivity contribution in [2.75, 3.05) is 5.32 Å². The number of hydrogen-bond acceptors (Lipinski definition) is 5. The molecule has 0 saturated carbocycles. The normalized spacial score (nSPS) is 10.4. The first-order valence-corrected chi connectivity index (χ1v) is 6.96. The summed E-state index contributed by atoms with van der Waals surface area (Å²) >= 11 is 12.1. The largest absolute Gasteiger partial charge is 0.488 e. The second kappa shape index (κ2) is 6.98. The fourth-order valence-electron chi connectivity index (χ4n) is 1.88. The van der Waals surface area contributed by atoms with E-state index in [1.54, 1.807) is 18.2 Å². The van der Waals surface area contributed by atoms with Crippen LogP contribution >= 0.6 is 23.2 Å². The average Bonchev–Trinajstić information content (AvgIpc) is 2.46. The molecule has 0 unspecified atom stereocenters. The highest BCUT2D eigenvalue weighted by atomic mass is 35.5. The van der Waals surface area contributed by atoms with Gasteiger partial charge in [-0.1, -0.05) is 29.3 Å². The van der Waals surface area contributed by atoms with Crippen LogP contribution in [0, 0.1) is 10.1 Å². The van der Waals surface area contributed by atoms with E-state index in [0.717, 1.165) is 6.07 Å². The van der Waals surface area contributed by atoms with Gasteiger partial charge in [-0.15, -0.1) is 0 Å². The Balaban J connectivity index is 2.27. The third-order valence-electron chi connectivity index (χ3n) is 2.98. The summed E-state index contributed by atoms with van der Waals surface area (Å²) in [6, 6.07) is 8.86. The fourth-order valence-corrected chi connectivity index (χ4v) is 2.41. The first-order valence-electron chi connectivity index (χ1n) is 6.20. The van der Waals surface area contributed by atoms with Crippen LogP contribution in [0.4, 0.5) is 11.4 Å². The van der Waals surface area contributed by atoms with Crippen molar-refractivity contribution in [1.29, 1.82) is 0 Å². The van der Waals surface area contributed by atoms with Crippen molar-refractivity contribution >= 4 is 47.2 Å². The number of rotatable bonds is 5. The Morgan fingerprint density at radius 2 is 1.82 bits per heavy atom. The number of nitrogens with zero attached hydrogens (tertiary/aromatic N) is 1. The van der Waals surface area contributed by atoms with E-state index in [9.17, 15) is 20.2 Å². The molecule has 0 spiro atoms. The second-order valence-corrected chi connectivity index (χ2v) is 5.31. The molecule has 0 bridgehead atoms. The molecular formula is C13H11BCl2N2O4. The topological polar surface area (TPSA) is 95.6 Å². The minimum absolute atomic E-state index is 0.0157. The quantitative estimate of drug-likeness (QED) is 0.440. The maximum absolute atomic E-state index is 10.9. The van der Waals surface area contributed by atoms with Crippen LogP contribution in [-0.4, -0.2) is 22.1 Å². The van der Waals surface area contributed by atoms with E-state index in [0.29, 0.717) is 21.3 Å². The van der Waals surface area contributed by atoms with Crippen LogP contribution in [0.15, 0.2) is 36.4 Å². The summed E-state index contributed by atoms with van der Waals surface area (Å²) in [5, 5.41) is 33.1. The lowest BCUT2D eigenvalue weighted by molar-refractivity contribution is -0.384. The smallest absolute Gasteiger partial charge is 0.423 e. The Morgan fingerprint density at radius 1 is 1.18 bits per heavy atom. The van der Waals surface area contributed by atoms with Gasteiger partial charge in [0, 0.05) is 40.0 Å². The van der Waals surface area contributed by atoms with Crippen molar-refractivity contribution in [1.82, 2.24) is 0 Å². The van der Waals surface area contributed by atoms with E-state index in [-0.39, 0.29) is 17.7 Å². The third kappa shape index (κ3) is 3.89. The van der Waals surface area contributed by atoms with E-state index in [1.165, 1.54) is 12.1 Å². The van der Waals surface area contributed by atoms with Gasteiger partial charge in [-0.3, -0.25) is 10.1 Å². The molecular weight excluding hydrogens is 330 g/mol. The van der Waals surface area contributed by atoms with Gasteiger partial charge in [0.05, 0.1) is 4.92 Å². The Bertz CT molecular complexity index is 692. The van der Waals surface area contributed by atoms with E-state index in [4.69, 9.17) is 23.2 Å². The van der Waals surface area contributed by atoms with Crippen molar-refractivity contribution in [2.24, 2.45) is 0 Å². The van der Waals surface area contributed by atoms with Gasteiger partial charge in [0.15, 0.2) is 0 Å². The molecule has 22 heavy (non-hydrogen) atoms. The van der Waals surface area contributed by atoms with Gasteiger partial charge in [-0.25, -0.2) is 0 Å². The minimum atomic E-state index is -1.80. The molecule has 9 heteroatoms. The molecule has 0 aliphatic rings. The number of nitro groups is 1. The lowest BCUT2D eigenvalue weighted by atomic mass is 9.80. The number of halogens is 2. The number of non-ortho nitro benzene ring substituents is 1. The lowest BCUT2D eigenvalue weighted by Gasteiger charge is -2.11. The number of nitrogens with one attached hydrogen (secondary N) is 1. The summed E-state index contributed by atoms with van der Waals surface area (Å²) in [7, 11) is -1.80. The second-order valence-electron chi connectivity index (χ2n) is 4.50. The molecule has 0 saturated heterocycles. The summed E-state index contributed by atoms with van der Waals surface area (Å²) in [4.78, 5) is 10.3. The zero-order valence-corrected chi connectivity index (χ0v) is 12.7. The monoisotopic (exact) mass is 340 g/mol. The van der Waals surface area contributed by atoms with Crippen molar-refractivity contribution in [3.63, 3.8) is 0 Å². The molecule has 3 N–H and O–H groups in total. The SMILES string of the molecule is O=[N+]([O-])c1cc(NCc2c(Cl)cccc2Cl)cc(B(O)O)c1. The molecule has 2 rings (SSSR count). The van der Waals surface area contributed by atoms with Crippen LogP contribution in [0.25, 0.3) is 0 Å². The molecule has 2 aromatic rings. The zero-order chi connectivity index (χ0) is 16.3. The standard InChI is InChI=1S/C13H11BCl2N2O4/c15-12-2-1-3-13(16)11(12)7-17-9-4-8(14(19)20)5-10(6-9)18(21)22/h1-6,17,19-20H,7H2. The van der Waals surface area contributed by atoms with Crippen LogP contribution in [0.5, 0.6) is 0 Å². The van der Waals surface area contributed by atoms with E-state index >= 15 is 0 Å². The average molecular weight is 341 g/mol. The summed E-state index contributed by atoms with van der Waals surface area (Å²) in [6.07, 6.45) is 0. The minimum Gasteiger partial charge on any atom is -0.423 e. The molecule has 0 aliphatic carbocycles. The Morgan fingerprint density at radius 3 is 2.36 bits per heavy atom. The van der Waals surface area contributed by atoms with E-state index in [1.807, 2.05) is 0 Å². The molecule has 114 valence electrons. The molecule has 0 aromatic heterocycles. The first kappa shape index (κ1) is 16.6. The van der Waals surface area contributed by atoms with Crippen LogP contribution in [0.1, 0.15) is 5.56 Å². The molecule has 0 amide bonds. The predicted molar refractivity (Wildman–Crippen MR) is 86.7 cm³/mol. The first-order chi connectivity index (χ1) is 10.4. The van der Waals surface area contributed by atoms with Crippen molar-refractivity contribution in [2.45, 2.75) is 6.54 Å². The van der Waals surface area contributed by atoms with Gasteiger partial charge < -0.3 is 15.4 Å². The molecule has 2 aromatic carbocycles. The summed E-state index contributed by atoms with van der Waals surface area (Å²) in [6.45, 7) is 0.237.